The van der Waals surface area contributed by atoms with E-state index in [0.717, 1.165) is 30.4 Å². The Morgan fingerprint density at radius 1 is 1.05 bits per heavy atom. The Morgan fingerprint density at radius 2 is 1.74 bits per heavy atom. The van der Waals surface area contributed by atoms with Gasteiger partial charge in [0.15, 0.2) is 11.0 Å². The number of allylic oxidation sites excluding steroid dienone is 1. The number of hydrogen-bond acceptors (Lipinski definition) is 6. The molecule has 2 saturated carbocycles. The van der Waals surface area contributed by atoms with E-state index in [1.54, 1.807) is 5.01 Å². The molecule has 0 aromatic rings. The van der Waals surface area contributed by atoms with Crippen LogP contribution in [-0.2, 0) is 19.2 Å². The molecule has 1 aliphatic heterocycles. The van der Waals surface area contributed by atoms with Gasteiger partial charge in [-0.1, -0.05) is 84.9 Å². The lowest BCUT2D eigenvalue weighted by Gasteiger charge is -2.63. The van der Waals surface area contributed by atoms with Gasteiger partial charge in [-0.15, -0.1) is 5.10 Å². The Bertz CT molecular complexity index is 1240. The largest absolute Gasteiger partial charge is 0.304 e. The summed E-state index contributed by atoms with van der Waals surface area (Å²) in [7, 11) is 0. The maximum atomic E-state index is 14.7. The summed E-state index contributed by atoms with van der Waals surface area (Å²) in [6, 6.07) is 0. The summed E-state index contributed by atoms with van der Waals surface area (Å²) in [6.07, 6.45) is 12.9. The summed E-state index contributed by atoms with van der Waals surface area (Å²) in [4.78, 5) is 52.4. The zero-order chi connectivity index (χ0) is 30.7. The molecule has 1 spiro atoms. The Labute approximate surface area is 256 Å². The summed E-state index contributed by atoms with van der Waals surface area (Å²) in [5.41, 5.74) is 0.995. The number of carbonyl (C=O) groups is 4. The van der Waals surface area contributed by atoms with Crippen LogP contribution in [0.2, 0.25) is 0 Å². The molecule has 0 radical (unpaired) electrons. The van der Waals surface area contributed by atoms with Gasteiger partial charge >= 0.3 is 0 Å². The summed E-state index contributed by atoms with van der Waals surface area (Å²) in [5.74, 6) is 0.115. The van der Waals surface area contributed by atoms with Crippen molar-refractivity contribution in [3.63, 3.8) is 0 Å². The number of ketones is 2. The smallest absolute Gasteiger partial charge is 0.241 e. The fraction of sp³-hybridized carbons (Fsp3) is 0.794. The van der Waals surface area contributed by atoms with E-state index in [9.17, 15) is 19.2 Å². The van der Waals surface area contributed by atoms with Crippen LogP contribution >= 0.6 is 11.8 Å². The first-order valence-electron chi connectivity index (χ1n) is 16.4. The first-order chi connectivity index (χ1) is 19.7. The molecular weight excluding hydrogens is 546 g/mol. The van der Waals surface area contributed by atoms with E-state index in [4.69, 9.17) is 5.10 Å². The Morgan fingerprint density at radius 3 is 2.40 bits per heavy atom. The second-order valence-corrected chi connectivity index (χ2v) is 15.9. The van der Waals surface area contributed by atoms with E-state index in [1.165, 1.54) is 64.1 Å². The number of unbranched alkanes of at least 4 members (excludes halogenated alkanes) is 5. The second kappa shape index (κ2) is 11.2. The summed E-state index contributed by atoms with van der Waals surface area (Å²) < 4.78 is 0. The fourth-order valence-electron chi connectivity index (χ4n) is 9.86. The average molecular weight is 598 g/mol. The highest BCUT2D eigenvalue weighted by Gasteiger charge is 2.71. The summed E-state index contributed by atoms with van der Waals surface area (Å²) in [5, 5.41) is 9.51. The number of Topliss-reactive ketones (excluding diaryl/α,β-unsaturated/α-hetero) is 2. The van der Waals surface area contributed by atoms with Crippen LogP contribution in [0.25, 0.3) is 0 Å². The molecule has 0 bridgehead atoms. The fourth-order valence-corrected chi connectivity index (χ4v) is 11.4. The predicted octanol–water partition coefficient (Wildman–Crippen LogP) is 7.15. The molecule has 2 amide bonds. The topological polar surface area (TPSA) is 95.9 Å². The van der Waals surface area contributed by atoms with Crippen molar-refractivity contribution in [1.29, 1.82) is 0 Å². The van der Waals surface area contributed by atoms with Crippen molar-refractivity contribution in [1.82, 2.24) is 10.3 Å². The summed E-state index contributed by atoms with van der Waals surface area (Å²) in [6.45, 7) is 14.1. The molecular formula is C34H51N3O4S. The van der Waals surface area contributed by atoms with Crippen molar-refractivity contribution in [3.05, 3.63) is 11.1 Å². The minimum absolute atomic E-state index is 0.0871. The molecule has 8 heteroatoms. The van der Waals surface area contributed by atoms with Crippen molar-refractivity contribution in [2.45, 2.75) is 137 Å². The van der Waals surface area contributed by atoms with Gasteiger partial charge < -0.3 is 5.32 Å². The number of thioether (sulfide) groups is 1. The van der Waals surface area contributed by atoms with Gasteiger partial charge in [0, 0.05) is 43.6 Å². The molecule has 7 nitrogen and oxygen atoms in total. The van der Waals surface area contributed by atoms with Gasteiger partial charge in [0.25, 0.3) is 0 Å². The number of nitrogens with zero attached hydrogens (tertiary/aromatic N) is 2. The van der Waals surface area contributed by atoms with Crippen LogP contribution in [0.15, 0.2) is 16.2 Å². The monoisotopic (exact) mass is 597 g/mol. The molecule has 5 rings (SSSR count). The van der Waals surface area contributed by atoms with Crippen molar-refractivity contribution in [2.24, 2.45) is 39.1 Å². The van der Waals surface area contributed by atoms with E-state index < -0.39 is 10.3 Å². The van der Waals surface area contributed by atoms with Gasteiger partial charge in [-0.2, -0.15) is 0 Å². The van der Waals surface area contributed by atoms with Crippen molar-refractivity contribution < 1.29 is 19.2 Å². The number of amides is 2. The second-order valence-electron chi connectivity index (χ2n) is 14.7. The van der Waals surface area contributed by atoms with E-state index >= 15 is 0 Å². The maximum Gasteiger partial charge on any atom is 0.241 e. The molecule has 1 heterocycles. The lowest BCUT2D eigenvalue weighted by Crippen LogP contribution is -2.63. The van der Waals surface area contributed by atoms with Crippen LogP contribution in [0, 0.1) is 34.0 Å². The maximum absolute atomic E-state index is 14.7. The van der Waals surface area contributed by atoms with Crippen LogP contribution in [-0.4, -0.2) is 38.4 Å². The van der Waals surface area contributed by atoms with Gasteiger partial charge in [0.05, 0.1) is 0 Å². The van der Waals surface area contributed by atoms with Crippen LogP contribution < -0.4 is 5.32 Å². The SMILES string of the molecule is CCCCCCCC[C@H]1CC[C@@]2(C)C3=C(C(=O)C[C@]12C)[C@@]1(C)CCC(=O)[C@@H](C)[C@@H]1CC31SC(NC(C)=O)=NN1C(C)=O. The molecule has 232 valence electrons. The van der Waals surface area contributed by atoms with Crippen molar-refractivity contribution in [2.75, 3.05) is 0 Å². The molecule has 1 unspecified atom stereocenters. The Kier molecular flexibility index (Phi) is 8.39. The zero-order valence-corrected chi connectivity index (χ0v) is 27.7. The first-order valence-corrected chi connectivity index (χ1v) is 17.2. The predicted molar refractivity (Wildman–Crippen MR) is 167 cm³/mol. The third-order valence-corrected chi connectivity index (χ3v) is 13.6. The van der Waals surface area contributed by atoms with Gasteiger partial charge in [-0.05, 0) is 60.3 Å². The number of hydrogen-bond donors (Lipinski definition) is 1. The molecule has 0 saturated heterocycles. The number of rotatable bonds is 7. The molecule has 42 heavy (non-hydrogen) atoms. The third kappa shape index (κ3) is 4.64. The molecule has 0 aromatic carbocycles. The van der Waals surface area contributed by atoms with Gasteiger partial charge in [0.2, 0.25) is 11.8 Å². The zero-order valence-electron chi connectivity index (χ0n) is 26.9. The highest BCUT2D eigenvalue weighted by atomic mass is 32.2. The Hall–Kier alpha value is -1.96. The lowest BCUT2D eigenvalue weighted by atomic mass is 9.44. The standard InChI is InChI=1S/C34H51N3O4S/c1-8-9-10-11-12-13-14-24-15-18-32(6)29-28(27(41)20-33(24,32)7)31(5)17-16-26(40)21(2)25(31)19-34(29)37(23(4)39)36-30(42-34)35-22(3)38/h21,24-25H,8-20H2,1-7H3,(H,35,36,38)/t21-,24-,25-,31-,32-,33+,34?/m0/s1. The highest BCUT2D eigenvalue weighted by Crippen LogP contribution is 2.74. The van der Waals surface area contributed by atoms with Crippen molar-refractivity contribution in [3.8, 4) is 0 Å². The molecule has 4 aliphatic carbocycles. The number of hydrazone groups is 1. The van der Waals surface area contributed by atoms with Gasteiger partial charge in [-0.3, -0.25) is 19.2 Å². The number of carbonyl (C=O) groups excluding carboxylic acids is 4. The first kappa shape index (κ1) is 31.5. The molecule has 7 atom stereocenters. The van der Waals surface area contributed by atoms with Crippen LogP contribution in [0.3, 0.4) is 0 Å². The van der Waals surface area contributed by atoms with Crippen LogP contribution in [0.1, 0.15) is 132 Å². The van der Waals surface area contributed by atoms with Gasteiger partial charge in [-0.25, -0.2) is 5.01 Å². The number of fused-ring (bicyclic) bond motifs is 5. The third-order valence-electron chi connectivity index (χ3n) is 12.3. The quantitative estimate of drug-likeness (QED) is 0.314. The average Bonchev–Trinajstić information content (AvgIpc) is 3.39. The van der Waals surface area contributed by atoms with E-state index in [1.807, 2.05) is 6.92 Å². The summed E-state index contributed by atoms with van der Waals surface area (Å²) >= 11 is 1.42. The number of amidine groups is 1. The molecule has 1 N–H and O–H groups in total. The molecule has 5 aliphatic rings. The van der Waals surface area contributed by atoms with Crippen molar-refractivity contribution >= 4 is 40.3 Å². The molecule has 0 aromatic heterocycles. The number of nitrogens with one attached hydrogen (secondary N) is 1. The highest BCUT2D eigenvalue weighted by molar-refractivity contribution is 8.15. The minimum atomic E-state index is -0.934. The molecule has 2 fully saturated rings. The Balaban J connectivity index is 1.63. The lowest BCUT2D eigenvalue weighted by molar-refractivity contribution is -0.140. The van der Waals surface area contributed by atoms with E-state index in [0.29, 0.717) is 36.8 Å². The van der Waals surface area contributed by atoms with Gasteiger partial charge in [0.1, 0.15) is 10.7 Å². The van der Waals surface area contributed by atoms with E-state index in [2.05, 4.69) is 33.0 Å². The normalized spacial score (nSPS) is 39.3. The van der Waals surface area contributed by atoms with E-state index in [-0.39, 0.29) is 46.0 Å². The van der Waals surface area contributed by atoms with Crippen LogP contribution in [0.5, 0.6) is 0 Å². The minimum Gasteiger partial charge on any atom is -0.304 e. The van der Waals surface area contributed by atoms with Crippen LogP contribution in [0.4, 0.5) is 0 Å².